The van der Waals surface area contributed by atoms with Gasteiger partial charge in [0.05, 0.1) is 23.2 Å². The smallest absolute Gasteiger partial charge is 0.274 e. The van der Waals surface area contributed by atoms with Crippen molar-refractivity contribution in [3.8, 4) is 10.6 Å². The third-order valence-electron chi connectivity index (χ3n) is 4.46. The van der Waals surface area contributed by atoms with Gasteiger partial charge in [0.2, 0.25) is 0 Å². The second-order valence-electron chi connectivity index (χ2n) is 6.34. The van der Waals surface area contributed by atoms with E-state index in [4.69, 9.17) is 4.74 Å². The highest BCUT2D eigenvalue weighted by molar-refractivity contribution is 7.13. The Morgan fingerprint density at radius 2 is 2.35 bits per heavy atom. The van der Waals surface area contributed by atoms with Gasteiger partial charge < -0.3 is 9.64 Å². The number of aryl methyl sites for hydroxylation is 1. The molecule has 1 saturated heterocycles. The van der Waals surface area contributed by atoms with E-state index in [0.717, 1.165) is 17.0 Å². The molecule has 7 nitrogen and oxygen atoms in total. The third kappa shape index (κ3) is 3.56. The quantitative estimate of drug-likeness (QED) is 0.706. The summed E-state index contributed by atoms with van der Waals surface area (Å²) in [6, 6.07) is 7.80. The number of hydrogen-bond acceptors (Lipinski definition) is 5. The van der Waals surface area contributed by atoms with E-state index in [-0.39, 0.29) is 12.0 Å². The molecule has 0 spiro atoms. The highest BCUT2D eigenvalue weighted by Gasteiger charge is 2.26. The molecule has 1 aliphatic rings. The van der Waals surface area contributed by atoms with Crippen LogP contribution in [0, 0.1) is 0 Å². The molecule has 136 valence electrons. The van der Waals surface area contributed by atoms with Crippen LogP contribution in [0.15, 0.2) is 42.0 Å². The van der Waals surface area contributed by atoms with E-state index < -0.39 is 0 Å². The number of rotatable bonds is 4. The highest BCUT2D eigenvalue weighted by atomic mass is 32.1. The first-order valence-corrected chi connectivity index (χ1v) is 9.55. The Morgan fingerprint density at radius 3 is 3.12 bits per heavy atom. The minimum absolute atomic E-state index is 0.0422. The van der Waals surface area contributed by atoms with Crippen LogP contribution < -0.4 is 0 Å². The first-order valence-electron chi connectivity index (χ1n) is 8.67. The molecular weight excluding hydrogens is 350 g/mol. The van der Waals surface area contributed by atoms with Crippen molar-refractivity contribution < 1.29 is 9.53 Å². The number of hydrogen-bond donors (Lipinski definition) is 0. The van der Waals surface area contributed by atoms with Crippen molar-refractivity contribution >= 4 is 17.2 Å². The molecule has 3 aromatic heterocycles. The van der Waals surface area contributed by atoms with E-state index in [0.29, 0.717) is 31.9 Å². The molecule has 0 aromatic carbocycles. The molecule has 1 atom stereocenters. The van der Waals surface area contributed by atoms with Gasteiger partial charge in [-0.2, -0.15) is 10.2 Å². The van der Waals surface area contributed by atoms with Crippen LogP contribution in [0.5, 0.6) is 0 Å². The lowest BCUT2D eigenvalue weighted by molar-refractivity contribution is 0.0365. The minimum atomic E-state index is -0.0678. The highest BCUT2D eigenvalue weighted by Crippen LogP contribution is 2.25. The fourth-order valence-electron chi connectivity index (χ4n) is 3.20. The standard InChI is InChI=1S/C18H21N5O2S/c1-21-16(17-5-2-10-26-17)11-15(20-21)18(24)22-7-4-9-25-14(12-22)13-23-8-3-6-19-23/h2-3,5-6,8,10-11,14H,4,7,9,12-13H2,1H3. The van der Waals surface area contributed by atoms with Gasteiger partial charge in [-0.1, -0.05) is 6.07 Å². The van der Waals surface area contributed by atoms with Crippen LogP contribution in [-0.2, 0) is 18.3 Å². The summed E-state index contributed by atoms with van der Waals surface area (Å²) in [6.45, 7) is 2.51. The molecule has 8 heteroatoms. The van der Waals surface area contributed by atoms with Crippen molar-refractivity contribution in [3.63, 3.8) is 0 Å². The Balaban J connectivity index is 1.50. The molecule has 1 amide bonds. The number of carbonyl (C=O) groups is 1. The van der Waals surface area contributed by atoms with Crippen molar-refractivity contribution in [2.75, 3.05) is 19.7 Å². The predicted octanol–water partition coefficient (Wildman–Crippen LogP) is 2.28. The SMILES string of the molecule is Cn1nc(C(=O)N2CCCOC(Cn3cccn3)C2)cc1-c1cccs1. The molecule has 0 N–H and O–H groups in total. The maximum atomic E-state index is 13.0. The number of thiophene rings is 1. The molecule has 1 unspecified atom stereocenters. The molecule has 0 radical (unpaired) electrons. The van der Waals surface area contributed by atoms with E-state index in [1.54, 1.807) is 22.2 Å². The third-order valence-corrected chi connectivity index (χ3v) is 5.35. The summed E-state index contributed by atoms with van der Waals surface area (Å²) in [5.74, 6) is -0.0422. The summed E-state index contributed by atoms with van der Waals surface area (Å²) < 4.78 is 9.52. The number of nitrogens with zero attached hydrogens (tertiary/aromatic N) is 5. The van der Waals surface area contributed by atoms with Crippen molar-refractivity contribution in [2.45, 2.75) is 19.1 Å². The molecule has 0 saturated carbocycles. The van der Waals surface area contributed by atoms with Crippen LogP contribution in [-0.4, -0.2) is 56.2 Å². The molecule has 1 aliphatic heterocycles. The van der Waals surface area contributed by atoms with Crippen molar-refractivity contribution in [1.29, 1.82) is 0 Å². The molecule has 4 heterocycles. The van der Waals surface area contributed by atoms with E-state index in [1.165, 1.54) is 0 Å². The normalized spacial score (nSPS) is 18.0. The monoisotopic (exact) mass is 371 g/mol. The van der Waals surface area contributed by atoms with Crippen LogP contribution in [0.25, 0.3) is 10.6 Å². The first kappa shape index (κ1) is 17.0. The Hall–Kier alpha value is -2.45. The Kier molecular flexibility index (Phi) is 4.85. The van der Waals surface area contributed by atoms with Gasteiger partial charge in [0.15, 0.2) is 5.69 Å². The van der Waals surface area contributed by atoms with Gasteiger partial charge in [-0.25, -0.2) is 0 Å². The summed E-state index contributed by atoms with van der Waals surface area (Å²) in [6.07, 6.45) is 4.42. The van der Waals surface area contributed by atoms with Crippen LogP contribution in [0.3, 0.4) is 0 Å². The second-order valence-corrected chi connectivity index (χ2v) is 7.29. The van der Waals surface area contributed by atoms with Gasteiger partial charge in [0.1, 0.15) is 0 Å². The number of aromatic nitrogens is 4. The van der Waals surface area contributed by atoms with Crippen molar-refractivity contribution in [1.82, 2.24) is 24.5 Å². The van der Waals surface area contributed by atoms with Crippen LogP contribution in [0.1, 0.15) is 16.9 Å². The van der Waals surface area contributed by atoms with Crippen molar-refractivity contribution in [2.24, 2.45) is 7.05 Å². The van der Waals surface area contributed by atoms with Crippen molar-refractivity contribution in [3.05, 3.63) is 47.7 Å². The van der Waals surface area contributed by atoms with Crippen LogP contribution in [0.4, 0.5) is 0 Å². The van der Waals surface area contributed by atoms with Gasteiger partial charge in [0, 0.05) is 39.1 Å². The Bertz CT molecular complexity index is 856. The molecule has 0 bridgehead atoms. The molecule has 26 heavy (non-hydrogen) atoms. The first-order chi connectivity index (χ1) is 12.7. The summed E-state index contributed by atoms with van der Waals surface area (Å²) >= 11 is 1.64. The van der Waals surface area contributed by atoms with Gasteiger partial charge in [0.25, 0.3) is 5.91 Å². The largest absolute Gasteiger partial charge is 0.374 e. The van der Waals surface area contributed by atoms with Gasteiger partial charge in [-0.05, 0) is 30.0 Å². The molecule has 4 rings (SSSR count). The van der Waals surface area contributed by atoms with Gasteiger partial charge in [-0.15, -0.1) is 11.3 Å². The second kappa shape index (κ2) is 7.43. The maximum absolute atomic E-state index is 13.0. The average molecular weight is 371 g/mol. The molecule has 1 fully saturated rings. The summed E-state index contributed by atoms with van der Waals surface area (Å²) in [4.78, 5) is 16.0. The number of ether oxygens (including phenoxy) is 1. The van der Waals surface area contributed by atoms with E-state index in [1.807, 2.05) is 52.5 Å². The van der Waals surface area contributed by atoms with Crippen LogP contribution >= 0.6 is 11.3 Å². The van der Waals surface area contributed by atoms with Gasteiger partial charge in [-0.3, -0.25) is 14.2 Å². The fourth-order valence-corrected chi connectivity index (χ4v) is 3.97. The van der Waals surface area contributed by atoms with Crippen LogP contribution in [0.2, 0.25) is 0 Å². The summed E-state index contributed by atoms with van der Waals surface area (Å²) in [5.41, 5.74) is 1.44. The lowest BCUT2D eigenvalue weighted by atomic mass is 10.2. The maximum Gasteiger partial charge on any atom is 0.274 e. The topological polar surface area (TPSA) is 65.2 Å². The average Bonchev–Trinajstić information content (AvgIpc) is 3.36. The predicted molar refractivity (Wildman–Crippen MR) is 99.0 cm³/mol. The summed E-state index contributed by atoms with van der Waals surface area (Å²) in [5, 5.41) is 10.7. The Labute approximate surface area is 155 Å². The zero-order valence-corrected chi connectivity index (χ0v) is 15.4. The zero-order chi connectivity index (χ0) is 17.9. The lowest BCUT2D eigenvalue weighted by Crippen LogP contribution is -2.38. The molecule has 0 aliphatic carbocycles. The van der Waals surface area contributed by atoms with E-state index in [2.05, 4.69) is 10.2 Å². The molecular formula is C18H21N5O2S. The Morgan fingerprint density at radius 1 is 1.42 bits per heavy atom. The van der Waals surface area contributed by atoms with Gasteiger partial charge >= 0.3 is 0 Å². The number of amides is 1. The minimum Gasteiger partial charge on any atom is -0.374 e. The summed E-state index contributed by atoms with van der Waals surface area (Å²) in [7, 11) is 1.87. The van der Waals surface area contributed by atoms with E-state index in [9.17, 15) is 4.79 Å². The molecule has 3 aromatic rings. The zero-order valence-electron chi connectivity index (χ0n) is 14.6. The van der Waals surface area contributed by atoms with E-state index >= 15 is 0 Å². The number of carbonyl (C=O) groups excluding carboxylic acids is 1. The lowest BCUT2D eigenvalue weighted by Gasteiger charge is -2.23. The fraction of sp³-hybridized carbons (Fsp3) is 0.389.